The van der Waals surface area contributed by atoms with Gasteiger partial charge in [0.1, 0.15) is 0 Å². The van der Waals surface area contributed by atoms with Gasteiger partial charge >= 0.3 is 0 Å². The summed E-state index contributed by atoms with van der Waals surface area (Å²) in [4.78, 5) is 40.2. The van der Waals surface area contributed by atoms with Crippen molar-refractivity contribution < 1.29 is 14.4 Å². The Kier molecular flexibility index (Phi) is 6.31. The summed E-state index contributed by atoms with van der Waals surface area (Å²) >= 11 is 8.81. The molecule has 6 nitrogen and oxygen atoms in total. The Bertz CT molecular complexity index is 1060. The zero-order chi connectivity index (χ0) is 23.1. The third-order valence-electron chi connectivity index (χ3n) is 5.97. The zero-order valence-electron chi connectivity index (χ0n) is 18.1. The molecule has 170 valence electrons. The van der Waals surface area contributed by atoms with Crippen LogP contribution in [0.2, 0.25) is 5.02 Å². The summed E-state index contributed by atoms with van der Waals surface area (Å²) < 4.78 is -0.777. The van der Waals surface area contributed by atoms with E-state index in [-0.39, 0.29) is 22.5 Å². The first-order chi connectivity index (χ1) is 15.1. The van der Waals surface area contributed by atoms with Crippen molar-refractivity contribution in [2.75, 3.05) is 13.1 Å². The Morgan fingerprint density at radius 1 is 1.28 bits per heavy atom. The molecule has 1 fully saturated rings. The van der Waals surface area contributed by atoms with Gasteiger partial charge in [0.05, 0.1) is 15.2 Å². The maximum atomic E-state index is 13.2. The van der Waals surface area contributed by atoms with E-state index >= 15 is 0 Å². The number of halogens is 1. The van der Waals surface area contributed by atoms with Crippen LogP contribution in [0.1, 0.15) is 57.8 Å². The number of rotatable bonds is 8. The van der Waals surface area contributed by atoms with E-state index in [0.717, 1.165) is 24.0 Å². The van der Waals surface area contributed by atoms with Crippen LogP contribution in [0.5, 0.6) is 0 Å². The standard InChI is InChI=1S/C23H26ClN3O3S2/c1-22(2,21(25)30)32-23(8-9-23)13-27-10-7-16-17(12-31-18(16)20(27)29)19(28)26-11-14-3-5-15(24)6-4-14/h3-6,12H,7-11,13H2,1-2H3,(H2,25,30)(H,26,28). The molecule has 0 spiro atoms. The van der Waals surface area contributed by atoms with Gasteiger partial charge in [-0.3, -0.25) is 14.4 Å². The van der Waals surface area contributed by atoms with Gasteiger partial charge in [-0.05, 0) is 56.4 Å². The van der Waals surface area contributed by atoms with Crippen molar-refractivity contribution >= 4 is 52.4 Å². The largest absolute Gasteiger partial charge is 0.368 e. The average molecular weight is 492 g/mol. The summed E-state index contributed by atoms with van der Waals surface area (Å²) in [6.07, 6.45) is 2.58. The van der Waals surface area contributed by atoms with E-state index in [9.17, 15) is 14.4 Å². The molecule has 9 heteroatoms. The highest BCUT2D eigenvalue weighted by Gasteiger charge is 2.50. The van der Waals surface area contributed by atoms with Crippen molar-refractivity contribution in [3.8, 4) is 0 Å². The second-order valence-corrected chi connectivity index (χ2v) is 12.3. The van der Waals surface area contributed by atoms with Gasteiger partial charge in [-0.1, -0.05) is 23.7 Å². The topological polar surface area (TPSA) is 92.5 Å². The number of carbonyl (C=O) groups is 3. The molecule has 0 radical (unpaired) electrons. The summed E-state index contributed by atoms with van der Waals surface area (Å²) in [6.45, 7) is 5.24. The normalized spacial score (nSPS) is 17.1. The number of carbonyl (C=O) groups excluding carboxylic acids is 3. The number of fused-ring (bicyclic) bond motifs is 1. The number of thiophene rings is 1. The lowest BCUT2D eigenvalue weighted by Gasteiger charge is -2.33. The van der Waals surface area contributed by atoms with Crippen LogP contribution in [0, 0.1) is 0 Å². The summed E-state index contributed by atoms with van der Waals surface area (Å²) in [5.41, 5.74) is 7.92. The van der Waals surface area contributed by atoms with E-state index in [0.29, 0.717) is 41.5 Å². The van der Waals surface area contributed by atoms with Crippen molar-refractivity contribution in [3.05, 3.63) is 56.2 Å². The van der Waals surface area contributed by atoms with Crippen molar-refractivity contribution in [2.24, 2.45) is 5.73 Å². The molecule has 2 aliphatic rings. The number of hydrogen-bond acceptors (Lipinski definition) is 5. The predicted octanol–water partition coefficient (Wildman–Crippen LogP) is 3.86. The van der Waals surface area contributed by atoms with Gasteiger partial charge in [-0.25, -0.2) is 0 Å². The molecule has 1 aromatic carbocycles. The van der Waals surface area contributed by atoms with E-state index in [2.05, 4.69) is 5.32 Å². The fraction of sp³-hybridized carbons (Fsp3) is 0.435. The van der Waals surface area contributed by atoms with Gasteiger partial charge in [0.15, 0.2) is 0 Å². The van der Waals surface area contributed by atoms with Gasteiger partial charge in [0.2, 0.25) is 5.91 Å². The Hall–Kier alpha value is -2.03. The van der Waals surface area contributed by atoms with Crippen LogP contribution in [0.3, 0.4) is 0 Å². The number of hydrogen-bond donors (Lipinski definition) is 2. The molecular weight excluding hydrogens is 466 g/mol. The molecule has 2 heterocycles. The number of amides is 3. The Morgan fingerprint density at radius 3 is 2.59 bits per heavy atom. The number of nitrogens with zero attached hydrogens (tertiary/aromatic N) is 1. The lowest BCUT2D eigenvalue weighted by Crippen LogP contribution is -2.44. The van der Waals surface area contributed by atoms with Crippen LogP contribution in [0.4, 0.5) is 0 Å². The summed E-state index contributed by atoms with van der Waals surface area (Å²) in [5, 5.41) is 5.37. The number of benzene rings is 1. The van der Waals surface area contributed by atoms with Crippen LogP contribution in [-0.4, -0.2) is 45.2 Å². The quantitative estimate of drug-likeness (QED) is 0.586. The van der Waals surface area contributed by atoms with Crippen LogP contribution >= 0.6 is 34.7 Å². The molecule has 3 N–H and O–H groups in total. The van der Waals surface area contributed by atoms with E-state index in [4.69, 9.17) is 17.3 Å². The molecule has 1 saturated carbocycles. The van der Waals surface area contributed by atoms with Gasteiger partial charge < -0.3 is 16.0 Å². The Labute approximate surface area is 200 Å². The second kappa shape index (κ2) is 8.72. The van der Waals surface area contributed by atoms with E-state index in [1.807, 2.05) is 30.9 Å². The van der Waals surface area contributed by atoms with Crippen LogP contribution in [0.15, 0.2) is 29.6 Å². The molecule has 1 aromatic heterocycles. The molecule has 0 atom stereocenters. The molecule has 0 saturated heterocycles. The predicted molar refractivity (Wildman–Crippen MR) is 129 cm³/mol. The van der Waals surface area contributed by atoms with Gasteiger partial charge in [-0.15, -0.1) is 23.1 Å². The number of nitrogens with one attached hydrogen (secondary N) is 1. The Balaban J connectivity index is 1.41. The highest BCUT2D eigenvalue weighted by molar-refractivity contribution is 8.03. The number of thioether (sulfide) groups is 1. The fourth-order valence-electron chi connectivity index (χ4n) is 3.89. The SMILES string of the molecule is CC(C)(SC1(CN2CCc3c(C(=O)NCc4ccc(Cl)cc4)csc3C2=O)CC1)C(N)=O. The molecule has 3 amide bonds. The minimum absolute atomic E-state index is 0.0308. The van der Waals surface area contributed by atoms with E-state index in [1.165, 1.54) is 11.3 Å². The lowest BCUT2D eigenvalue weighted by atomic mass is 10.0. The molecule has 32 heavy (non-hydrogen) atoms. The first-order valence-corrected chi connectivity index (χ1v) is 12.6. The first kappa shape index (κ1) is 23.1. The highest BCUT2D eigenvalue weighted by Crippen LogP contribution is 2.54. The minimum Gasteiger partial charge on any atom is -0.368 e. The summed E-state index contributed by atoms with van der Waals surface area (Å²) in [5.74, 6) is -0.540. The Morgan fingerprint density at radius 2 is 1.97 bits per heavy atom. The average Bonchev–Trinajstić information content (AvgIpc) is 3.33. The van der Waals surface area contributed by atoms with Crippen molar-refractivity contribution in [1.29, 1.82) is 0 Å². The zero-order valence-corrected chi connectivity index (χ0v) is 20.5. The maximum absolute atomic E-state index is 13.2. The number of primary amides is 1. The third-order valence-corrected chi connectivity index (χ3v) is 8.91. The third kappa shape index (κ3) is 4.82. The van der Waals surface area contributed by atoms with Crippen LogP contribution < -0.4 is 11.1 Å². The van der Waals surface area contributed by atoms with Crippen molar-refractivity contribution in [1.82, 2.24) is 10.2 Å². The monoisotopic (exact) mass is 491 g/mol. The molecule has 1 aliphatic carbocycles. The van der Waals surface area contributed by atoms with E-state index < -0.39 is 4.75 Å². The molecule has 1 aliphatic heterocycles. The molecule has 0 unspecified atom stereocenters. The molecule has 0 bridgehead atoms. The molecule has 2 aromatic rings. The smallest absolute Gasteiger partial charge is 0.264 e. The van der Waals surface area contributed by atoms with Crippen molar-refractivity contribution in [2.45, 2.75) is 49.1 Å². The van der Waals surface area contributed by atoms with Gasteiger partial charge in [-0.2, -0.15) is 0 Å². The van der Waals surface area contributed by atoms with Crippen LogP contribution in [0.25, 0.3) is 0 Å². The van der Waals surface area contributed by atoms with Gasteiger partial charge in [0, 0.05) is 34.8 Å². The van der Waals surface area contributed by atoms with Crippen LogP contribution in [-0.2, 0) is 17.8 Å². The number of nitrogens with two attached hydrogens (primary N) is 1. The fourth-order valence-corrected chi connectivity index (χ4v) is 6.80. The maximum Gasteiger partial charge on any atom is 0.264 e. The highest BCUT2D eigenvalue weighted by atomic mass is 35.5. The summed E-state index contributed by atoms with van der Waals surface area (Å²) in [6, 6.07) is 7.33. The minimum atomic E-state index is -0.668. The summed E-state index contributed by atoms with van der Waals surface area (Å²) in [7, 11) is 0. The lowest BCUT2D eigenvalue weighted by molar-refractivity contribution is -0.119. The van der Waals surface area contributed by atoms with E-state index in [1.54, 1.807) is 29.3 Å². The molecule has 4 rings (SSSR count). The molecular formula is C23H26ClN3O3S2. The van der Waals surface area contributed by atoms with Gasteiger partial charge in [0.25, 0.3) is 11.8 Å². The van der Waals surface area contributed by atoms with Crippen molar-refractivity contribution in [3.63, 3.8) is 0 Å². The first-order valence-electron chi connectivity index (χ1n) is 10.5. The second-order valence-electron chi connectivity index (χ2n) is 8.90.